The number of aliphatic hydroxyl groups excluding tert-OH is 1. The van der Waals surface area contributed by atoms with Crippen LogP contribution in [0.25, 0.3) is 0 Å². The first-order chi connectivity index (χ1) is 6.24. The topological polar surface area (TPSA) is 52.5 Å². The molecule has 0 aromatic heterocycles. The van der Waals surface area contributed by atoms with Crippen molar-refractivity contribution >= 4 is 0 Å². The van der Waals surface area contributed by atoms with Crippen LogP contribution in [0.15, 0.2) is 0 Å². The van der Waals surface area contributed by atoms with E-state index >= 15 is 0 Å². The second kappa shape index (κ2) is 3.80. The first-order valence-electron chi connectivity index (χ1n) is 5.42. The fourth-order valence-electron chi connectivity index (χ4n) is 1.75. The van der Waals surface area contributed by atoms with E-state index in [0.717, 1.165) is 19.3 Å². The van der Waals surface area contributed by atoms with Crippen molar-refractivity contribution in [3.8, 4) is 0 Å². The van der Waals surface area contributed by atoms with E-state index in [4.69, 9.17) is 0 Å². The van der Waals surface area contributed by atoms with Crippen molar-refractivity contribution in [2.24, 2.45) is 0 Å². The molecule has 0 heterocycles. The van der Waals surface area contributed by atoms with Crippen molar-refractivity contribution in [3.05, 3.63) is 0 Å². The van der Waals surface area contributed by atoms with E-state index in [-0.39, 0.29) is 17.7 Å². The minimum atomic E-state index is -0.782. The van der Waals surface area contributed by atoms with Crippen molar-refractivity contribution in [1.82, 2.24) is 5.32 Å². The fourth-order valence-corrected chi connectivity index (χ4v) is 1.75. The molecule has 0 aromatic carbocycles. The number of nitrogens with one attached hydrogen (secondary N) is 1. The van der Waals surface area contributed by atoms with E-state index in [9.17, 15) is 10.2 Å². The molecule has 1 aliphatic rings. The Morgan fingerprint density at radius 3 is 2.07 bits per heavy atom. The van der Waals surface area contributed by atoms with Crippen LogP contribution in [0.2, 0.25) is 0 Å². The monoisotopic (exact) mass is 201 g/mol. The molecule has 3 heteroatoms. The highest BCUT2D eigenvalue weighted by molar-refractivity contribution is 4.98. The Hall–Kier alpha value is -0.120. The molecule has 84 valence electrons. The van der Waals surface area contributed by atoms with Gasteiger partial charge < -0.3 is 15.5 Å². The van der Waals surface area contributed by atoms with Gasteiger partial charge in [-0.2, -0.15) is 0 Å². The van der Waals surface area contributed by atoms with Crippen LogP contribution in [0.1, 0.15) is 47.0 Å². The first kappa shape index (κ1) is 12.0. The summed E-state index contributed by atoms with van der Waals surface area (Å²) in [7, 11) is 0. The second-order valence-corrected chi connectivity index (χ2v) is 5.43. The van der Waals surface area contributed by atoms with E-state index in [1.165, 1.54) is 0 Å². The molecule has 3 nitrogen and oxygen atoms in total. The van der Waals surface area contributed by atoms with Crippen LogP contribution in [0, 0.1) is 0 Å². The van der Waals surface area contributed by atoms with Crippen molar-refractivity contribution < 1.29 is 10.2 Å². The van der Waals surface area contributed by atoms with E-state index in [1.54, 1.807) is 13.8 Å². The maximum atomic E-state index is 9.95. The van der Waals surface area contributed by atoms with Crippen LogP contribution in [-0.2, 0) is 0 Å². The summed E-state index contributed by atoms with van der Waals surface area (Å²) in [5, 5.41) is 23.0. The van der Waals surface area contributed by atoms with E-state index in [1.807, 2.05) is 13.8 Å². The summed E-state index contributed by atoms with van der Waals surface area (Å²) >= 11 is 0. The molecule has 0 amide bonds. The van der Waals surface area contributed by atoms with Crippen LogP contribution < -0.4 is 5.32 Å². The lowest BCUT2D eigenvalue weighted by Gasteiger charge is -2.41. The van der Waals surface area contributed by atoms with Gasteiger partial charge in [-0.05, 0) is 47.0 Å². The molecule has 1 rings (SSSR count). The SMILES string of the molecule is CC(C)(O)C(C)(C)N[C@@H]1CCC[C@H]1O. The van der Waals surface area contributed by atoms with Gasteiger partial charge in [-0.15, -0.1) is 0 Å². The third kappa shape index (κ3) is 2.47. The molecule has 1 aliphatic carbocycles. The van der Waals surface area contributed by atoms with Gasteiger partial charge in [0, 0.05) is 11.6 Å². The molecule has 0 aliphatic heterocycles. The molecule has 14 heavy (non-hydrogen) atoms. The zero-order chi connectivity index (χ0) is 11.0. The van der Waals surface area contributed by atoms with Gasteiger partial charge in [-0.25, -0.2) is 0 Å². The van der Waals surface area contributed by atoms with Gasteiger partial charge >= 0.3 is 0 Å². The summed E-state index contributed by atoms with van der Waals surface area (Å²) in [6, 6.07) is 0.136. The Morgan fingerprint density at radius 1 is 1.14 bits per heavy atom. The van der Waals surface area contributed by atoms with Gasteiger partial charge in [0.15, 0.2) is 0 Å². The summed E-state index contributed by atoms with van der Waals surface area (Å²) in [4.78, 5) is 0. The summed E-state index contributed by atoms with van der Waals surface area (Å²) in [5.74, 6) is 0. The standard InChI is InChI=1S/C11H23NO2/c1-10(2,11(3,4)14)12-8-6-5-7-9(8)13/h8-9,12-14H,5-7H2,1-4H3/t8-,9-/m1/s1. The molecular formula is C11H23NO2. The number of hydrogen-bond acceptors (Lipinski definition) is 3. The third-order valence-electron chi connectivity index (χ3n) is 3.56. The van der Waals surface area contributed by atoms with E-state index < -0.39 is 5.60 Å². The maximum Gasteiger partial charge on any atom is 0.0767 e. The van der Waals surface area contributed by atoms with Crippen molar-refractivity contribution in [2.45, 2.75) is 70.2 Å². The highest BCUT2D eigenvalue weighted by atomic mass is 16.3. The molecule has 0 aromatic rings. The number of aliphatic hydroxyl groups is 2. The Bertz CT molecular complexity index is 196. The van der Waals surface area contributed by atoms with Crippen molar-refractivity contribution in [2.75, 3.05) is 0 Å². The summed E-state index contributed by atoms with van der Waals surface area (Å²) in [6.07, 6.45) is 2.69. The largest absolute Gasteiger partial charge is 0.392 e. The lowest BCUT2D eigenvalue weighted by Crippen LogP contribution is -2.60. The van der Waals surface area contributed by atoms with Crippen molar-refractivity contribution in [3.63, 3.8) is 0 Å². The third-order valence-corrected chi connectivity index (χ3v) is 3.56. The highest BCUT2D eigenvalue weighted by Crippen LogP contribution is 2.26. The number of hydrogen-bond donors (Lipinski definition) is 3. The Morgan fingerprint density at radius 2 is 1.71 bits per heavy atom. The smallest absolute Gasteiger partial charge is 0.0767 e. The zero-order valence-electron chi connectivity index (χ0n) is 9.67. The van der Waals surface area contributed by atoms with Gasteiger partial charge in [-0.1, -0.05) is 0 Å². The lowest BCUT2D eigenvalue weighted by molar-refractivity contribution is -0.0174. The quantitative estimate of drug-likeness (QED) is 0.639. The molecule has 0 unspecified atom stereocenters. The van der Waals surface area contributed by atoms with Crippen molar-refractivity contribution in [1.29, 1.82) is 0 Å². The molecule has 0 saturated heterocycles. The minimum Gasteiger partial charge on any atom is -0.392 e. The molecule has 1 fully saturated rings. The van der Waals surface area contributed by atoms with Crippen LogP contribution in [0.5, 0.6) is 0 Å². The highest BCUT2D eigenvalue weighted by Gasteiger charge is 2.39. The molecule has 0 spiro atoms. The van der Waals surface area contributed by atoms with Gasteiger partial charge in [0.2, 0.25) is 0 Å². The second-order valence-electron chi connectivity index (χ2n) is 5.43. The Labute approximate surface area is 86.5 Å². The van der Waals surface area contributed by atoms with E-state index in [2.05, 4.69) is 5.32 Å². The van der Waals surface area contributed by atoms with Gasteiger partial charge in [0.05, 0.1) is 11.7 Å². The molecular weight excluding hydrogens is 178 g/mol. The van der Waals surface area contributed by atoms with Crippen LogP contribution >= 0.6 is 0 Å². The predicted molar refractivity (Wildman–Crippen MR) is 57.2 cm³/mol. The molecule has 2 atom stereocenters. The summed E-state index contributed by atoms with van der Waals surface area (Å²) in [6.45, 7) is 7.53. The number of rotatable bonds is 3. The Kier molecular flexibility index (Phi) is 3.24. The van der Waals surface area contributed by atoms with Crippen LogP contribution in [0.4, 0.5) is 0 Å². The molecule has 3 N–H and O–H groups in total. The normalized spacial score (nSPS) is 29.6. The average Bonchev–Trinajstić information content (AvgIpc) is 2.33. The van der Waals surface area contributed by atoms with E-state index in [0.29, 0.717) is 0 Å². The van der Waals surface area contributed by atoms with Crippen LogP contribution in [0.3, 0.4) is 0 Å². The maximum absolute atomic E-state index is 9.95. The summed E-state index contributed by atoms with van der Waals surface area (Å²) < 4.78 is 0. The average molecular weight is 201 g/mol. The van der Waals surface area contributed by atoms with Gasteiger partial charge in [-0.3, -0.25) is 0 Å². The zero-order valence-corrected chi connectivity index (χ0v) is 9.67. The molecule has 0 radical (unpaired) electrons. The van der Waals surface area contributed by atoms with Crippen LogP contribution in [-0.4, -0.2) is 33.5 Å². The predicted octanol–water partition coefficient (Wildman–Crippen LogP) is 1.04. The first-order valence-corrected chi connectivity index (χ1v) is 5.42. The lowest BCUT2D eigenvalue weighted by atomic mass is 9.85. The Balaban J connectivity index is 2.58. The van der Waals surface area contributed by atoms with Gasteiger partial charge in [0.1, 0.15) is 0 Å². The minimum absolute atomic E-state index is 0.136. The van der Waals surface area contributed by atoms with Gasteiger partial charge in [0.25, 0.3) is 0 Å². The molecule has 0 bridgehead atoms. The molecule has 1 saturated carbocycles. The fraction of sp³-hybridized carbons (Fsp3) is 1.00. The summed E-state index contributed by atoms with van der Waals surface area (Å²) in [5.41, 5.74) is -1.15.